The lowest BCUT2D eigenvalue weighted by atomic mass is 9.82. The van der Waals surface area contributed by atoms with Crippen LogP contribution in [0.15, 0.2) is 42.5 Å². The minimum absolute atomic E-state index is 0.0869. The molecule has 3 rings (SSSR count). The number of nitrogens with two attached hydrogens (primary N) is 1. The number of aromatic nitrogens is 1. The van der Waals surface area contributed by atoms with Gasteiger partial charge in [-0.1, -0.05) is 53.8 Å². The van der Waals surface area contributed by atoms with Crippen molar-refractivity contribution in [1.29, 1.82) is 0 Å². The van der Waals surface area contributed by atoms with Gasteiger partial charge in [0.2, 0.25) is 0 Å². The van der Waals surface area contributed by atoms with Crippen molar-refractivity contribution in [3.05, 3.63) is 58.6 Å². The summed E-state index contributed by atoms with van der Waals surface area (Å²) in [6.45, 7) is 2.20. The maximum Gasteiger partial charge on any atom is 0.181 e. The van der Waals surface area contributed by atoms with Crippen LogP contribution in [-0.2, 0) is 5.41 Å². The molecule has 1 aliphatic rings. The topological polar surface area (TPSA) is 38.9 Å². The monoisotopic (exact) mass is 254 g/mol. The zero-order valence-corrected chi connectivity index (χ0v) is 10.9. The van der Waals surface area contributed by atoms with Crippen molar-refractivity contribution < 1.29 is 0 Å². The molecule has 1 atom stereocenters. The molecule has 0 amide bonds. The third-order valence-corrected chi connectivity index (χ3v) is 4.13. The molecule has 90 valence electrons. The smallest absolute Gasteiger partial charge is 0.181 e. The van der Waals surface area contributed by atoms with E-state index in [-0.39, 0.29) is 5.41 Å². The van der Waals surface area contributed by atoms with E-state index in [1.165, 1.54) is 16.9 Å². The molecule has 2 aromatic rings. The van der Waals surface area contributed by atoms with Gasteiger partial charge in [0.25, 0.3) is 0 Å². The van der Waals surface area contributed by atoms with E-state index >= 15 is 0 Å². The standard InChI is InChI=1S/C15H14N2S/c1-15(11-5-3-2-4-6-11)9-7-12-13(8-10-15)18-14(16)17-12/h2-10H,1H3,(H2,16,17). The highest BCUT2D eigenvalue weighted by Crippen LogP contribution is 2.34. The lowest BCUT2D eigenvalue weighted by molar-refractivity contribution is 0.766. The summed E-state index contributed by atoms with van der Waals surface area (Å²) in [5.74, 6) is 0. The van der Waals surface area contributed by atoms with E-state index in [1.807, 2.05) is 6.07 Å². The zero-order valence-electron chi connectivity index (χ0n) is 10.1. The summed E-state index contributed by atoms with van der Waals surface area (Å²) in [5, 5.41) is 0.623. The van der Waals surface area contributed by atoms with Gasteiger partial charge in [-0.2, -0.15) is 0 Å². The van der Waals surface area contributed by atoms with Crippen molar-refractivity contribution in [3.8, 4) is 0 Å². The maximum atomic E-state index is 5.73. The molecule has 0 radical (unpaired) electrons. The SMILES string of the molecule is CC1(c2ccccc2)C=Cc2nc(N)sc2C=C1. The predicted molar refractivity (Wildman–Crippen MR) is 78.4 cm³/mol. The molecular weight excluding hydrogens is 240 g/mol. The van der Waals surface area contributed by atoms with Crippen LogP contribution in [0.1, 0.15) is 23.1 Å². The molecule has 1 heterocycles. The number of allylic oxidation sites excluding steroid dienone is 2. The Labute approximate surface area is 110 Å². The third kappa shape index (κ3) is 1.87. The van der Waals surface area contributed by atoms with E-state index in [1.54, 1.807) is 0 Å². The van der Waals surface area contributed by atoms with Crippen LogP contribution in [0.25, 0.3) is 12.2 Å². The van der Waals surface area contributed by atoms with Gasteiger partial charge in [0.15, 0.2) is 5.13 Å². The summed E-state index contributed by atoms with van der Waals surface area (Å²) in [4.78, 5) is 5.46. The Balaban J connectivity index is 2.06. The molecule has 1 unspecified atom stereocenters. The first-order valence-corrected chi connectivity index (χ1v) is 6.69. The van der Waals surface area contributed by atoms with Crippen molar-refractivity contribution in [3.63, 3.8) is 0 Å². The van der Waals surface area contributed by atoms with Crippen LogP contribution in [0.5, 0.6) is 0 Å². The first-order valence-electron chi connectivity index (χ1n) is 5.88. The van der Waals surface area contributed by atoms with E-state index < -0.39 is 0 Å². The van der Waals surface area contributed by atoms with Gasteiger partial charge in [-0.25, -0.2) is 4.98 Å². The number of fused-ring (bicyclic) bond motifs is 1. The van der Waals surface area contributed by atoms with Gasteiger partial charge in [-0.15, -0.1) is 0 Å². The van der Waals surface area contributed by atoms with Gasteiger partial charge in [0.1, 0.15) is 0 Å². The summed E-state index contributed by atoms with van der Waals surface area (Å²) in [5.41, 5.74) is 7.89. The fraction of sp³-hybridized carbons (Fsp3) is 0.133. The summed E-state index contributed by atoms with van der Waals surface area (Å²) in [6, 6.07) is 10.5. The molecule has 3 heteroatoms. The molecule has 0 aliphatic heterocycles. The van der Waals surface area contributed by atoms with Gasteiger partial charge in [-0.05, 0) is 24.6 Å². The molecule has 0 saturated carbocycles. The van der Waals surface area contributed by atoms with E-state index in [2.05, 4.69) is 60.5 Å². The van der Waals surface area contributed by atoms with E-state index in [0.29, 0.717) is 5.13 Å². The second kappa shape index (κ2) is 4.10. The van der Waals surface area contributed by atoms with Crippen LogP contribution in [0.2, 0.25) is 0 Å². The van der Waals surface area contributed by atoms with Crippen LogP contribution in [0.3, 0.4) is 0 Å². The van der Waals surface area contributed by atoms with Gasteiger partial charge < -0.3 is 5.73 Å². The molecule has 0 fully saturated rings. The quantitative estimate of drug-likeness (QED) is 0.842. The number of rotatable bonds is 1. The van der Waals surface area contributed by atoms with Crippen LogP contribution in [0.4, 0.5) is 5.13 Å². The molecule has 2 N–H and O–H groups in total. The van der Waals surface area contributed by atoms with Crippen molar-refractivity contribution in [2.24, 2.45) is 0 Å². The average Bonchev–Trinajstić information content (AvgIpc) is 2.68. The molecule has 0 bridgehead atoms. The Morgan fingerprint density at radius 3 is 2.61 bits per heavy atom. The molecule has 0 saturated heterocycles. The second-order valence-corrected chi connectivity index (χ2v) is 5.68. The summed E-state index contributed by atoms with van der Waals surface area (Å²) >= 11 is 1.53. The van der Waals surface area contributed by atoms with Crippen LogP contribution >= 0.6 is 11.3 Å². The van der Waals surface area contributed by atoms with Crippen LogP contribution < -0.4 is 5.73 Å². The lowest BCUT2D eigenvalue weighted by Gasteiger charge is -2.21. The highest BCUT2D eigenvalue weighted by molar-refractivity contribution is 7.16. The Hall–Kier alpha value is -1.87. The number of anilines is 1. The molecular formula is C15H14N2S. The number of nitrogen functional groups attached to an aromatic ring is 1. The molecule has 1 aromatic carbocycles. The van der Waals surface area contributed by atoms with Gasteiger partial charge in [0, 0.05) is 5.41 Å². The molecule has 1 aliphatic carbocycles. The summed E-state index contributed by atoms with van der Waals surface area (Å²) < 4.78 is 0. The molecule has 2 nitrogen and oxygen atoms in total. The number of benzene rings is 1. The molecule has 18 heavy (non-hydrogen) atoms. The summed E-state index contributed by atoms with van der Waals surface area (Å²) in [7, 11) is 0. The highest BCUT2D eigenvalue weighted by atomic mass is 32.1. The van der Waals surface area contributed by atoms with Gasteiger partial charge >= 0.3 is 0 Å². The van der Waals surface area contributed by atoms with E-state index in [0.717, 1.165) is 10.6 Å². The van der Waals surface area contributed by atoms with Crippen LogP contribution in [0, 0.1) is 0 Å². The average molecular weight is 254 g/mol. The highest BCUT2D eigenvalue weighted by Gasteiger charge is 2.22. The van der Waals surface area contributed by atoms with Crippen LogP contribution in [-0.4, -0.2) is 4.98 Å². The van der Waals surface area contributed by atoms with Crippen molar-refractivity contribution in [2.75, 3.05) is 5.73 Å². The van der Waals surface area contributed by atoms with Crippen molar-refractivity contribution in [1.82, 2.24) is 4.98 Å². The Morgan fingerprint density at radius 2 is 1.83 bits per heavy atom. The Morgan fingerprint density at radius 1 is 1.11 bits per heavy atom. The Bertz CT molecular complexity index is 592. The number of thiazole rings is 1. The summed E-state index contributed by atoms with van der Waals surface area (Å²) in [6.07, 6.45) is 8.58. The number of hydrogen-bond donors (Lipinski definition) is 1. The number of nitrogens with zero attached hydrogens (tertiary/aromatic N) is 1. The third-order valence-electron chi connectivity index (χ3n) is 3.26. The van der Waals surface area contributed by atoms with Gasteiger partial charge in [0.05, 0.1) is 10.6 Å². The van der Waals surface area contributed by atoms with Crippen molar-refractivity contribution in [2.45, 2.75) is 12.3 Å². The zero-order chi connectivity index (χ0) is 12.6. The Kier molecular flexibility index (Phi) is 2.56. The first kappa shape index (κ1) is 11.2. The molecule has 0 spiro atoms. The normalized spacial score (nSPS) is 21.6. The lowest BCUT2D eigenvalue weighted by Crippen LogP contribution is -2.14. The van der Waals surface area contributed by atoms with E-state index in [9.17, 15) is 0 Å². The fourth-order valence-corrected chi connectivity index (χ4v) is 2.87. The second-order valence-electron chi connectivity index (χ2n) is 4.62. The minimum Gasteiger partial charge on any atom is -0.375 e. The predicted octanol–water partition coefficient (Wildman–Crippen LogP) is 3.72. The van der Waals surface area contributed by atoms with Crippen molar-refractivity contribution >= 4 is 28.6 Å². The maximum absolute atomic E-state index is 5.73. The van der Waals surface area contributed by atoms with E-state index in [4.69, 9.17) is 5.73 Å². The first-order chi connectivity index (χ1) is 8.67. The molecule has 1 aromatic heterocycles. The number of hydrogen-bond acceptors (Lipinski definition) is 3. The fourth-order valence-electron chi connectivity index (χ4n) is 2.15. The minimum atomic E-state index is -0.0869. The largest absolute Gasteiger partial charge is 0.375 e. The van der Waals surface area contributed by atoms with Gasteiger partial charge in [-0.3, -0.25) is 0 Å².